The Balaban J connectivity index is 2.24. The van der Waals surface area contributed by atoms with E-state index in [2.05, 4.69) is 61.5 Å². The molecule has 1 aromatic heterocycles. The van der Waals surface area contributed by atoms with E-state index in [0.717, 1.165) is 11.2 Å². The van der Waals surface area contributed by atoms with Crippen molar-refractivity contribution in [1.29, 1.82) is 0 Å². The molecule has 0 saturated carbocycles. The van der Waals surface area contributed by atoms with Crippen molar-refractivity contribution in [3.8, 4) is 0 Å². The summed E-state index contributed by atoms with van der Waals surface area (Å²) in [4.78, 5) is 4.63. The van der Waals surface area contributed by atoms with Crippen LogP contribution in [0.2, 0.25) is 0 Å². The molecule has 1 aromatic carbocycles. The zero-order valence-corrected chi connectivity index (χ0v) is 12.9. The molecule has 0 aliphatic carbocycles. The number of unbranched alkanes of at least 4 members (excludes halogenated alkanes) is 3. The highest BCUT2D eigenvalue weighted by Crippen LogP contribution is 2.27. The van der Waals surface area contributed by atoms with Gasteiger partial charge in [-0.15, -0.1) is 0 Å². The van der Waals surface area contributed by atoms with E-state index in [4.69, 9.17) is 0 Å². The van der Waals surface area contributed by atoms with Gasteiger partial charge >= 0.3 is 0 Å². The first-order valence-electron chi connectivity index (χ1n) is 7.79. The van der Waals surface area contributed by atoms with Crippen molar-refractivity contribution >= 4 is 10.9 Å². The van der Waals surface area contributed by atoms with Gasteiger partial charge in [0.2, 0.25) is 0 Å². The molecule has 0 bridgehead atoms. The van der Waals surface area contributed by atoms with E-state index in [0.29, 0.717) is 6.04 Å². The topological polar surface area (TPSA) is 24.9 Å². The van der Waals surface area contributed by atoms with Crippen LogP contribution in [0, 0.1) is 6.92 Å². The number of hydrogen-bond acceptors (Lipinski definition) is 2. The van der Waals surface area contributed by atoms with Gasteiger partial charge in [-0.2, -0.15) is 0 Å². The van der Waals surface area contributed by atoms with Crippen molar-refractivity contribution in [2.45, 2.75) is 52.0 Å². The molecule has 1 unspecified atom stereocenters. The van der Waals surface area contributed by atoms with Crippen LogP contribution >= 0.6 is 0 Å². The predicted molar refractivity (Wildman–Crippen MR) is 87.0 cm³/mol. The number of para-hydroxylation sites is 1. The summed E-state index contributed by atoms with van der Waals surface area (Å²) >= 11 is 0. The Bertz CT molecular complexity index is 548. The fourth-order valence-corrected chi connectivity index (χ4v) is 2.86. The third-order valence-corrected chi connectivity index (χ3v) is 3.95. The molecule has 2 heteroatoms. The molecule has 1 heterocycles. The smallest absolute Gasteiger partial charge is 0.0708 e. The second-order valence-electron chi connectivity index (χ2n) is 5.56. The molecule has 0 saturated heterocycles. The van der Waals surface area contributed by atoms with Crippen LogP contribution in [0.1, 0.15) is 56.3 Å². The number of fused-ring (bicyclic) bond motifs is 1. The highest BCUT2D eigenvalue weighted by Gasteiger charge is 2.13. The lowest BCUT2D eigenvalue weighted by atomic mass is 9.96. The molecule has 0 fully saturated rings. The predicted octanol–water partition coefficient (Wildman–Crippen LogP) is 4.77. The van der Waals surface area contributed by atoms with Crippen LogP contribution in [0.25, 0.3) is 10.9 Å². The normalized spacial score (nSPS) is 12.8. The number of benzene rings is 1. The molecule has 2 rings (SSSR count). The molecule has 0 spiro atoms. The van der Waals surface area contributed by atoms with Crippen molar-refractivity contribution < 1.29 is 0 Å². The van der Waals surface area contributed by atoms with E-state index in [1.165, 1.54) is 43.1 Å². The summed E-state index contributed by atoms with van der Waals surface area (Å²) in [5.74, 6) is 0. The molecule has 1 N–H and O–H groups in total. The minimum Gasteiger partial charge on any atom is -0.313 e. The van der Waals surface area contributed by atoms with Gasteiger partial charge in [-0.1, -0.05) is 50.8 Å². The molecule has 0 aliphatic rings. The molecular weight excluding hydrogens is 244 g/mol. The summed E-state index contributed by atoms with van der Waals surface area (Å²) in [6.45, 7) is 4.34. The molecular formula is C18H26N2. The SMILES string of the molecule is CCCCCCC(NC)c1cc(C)nc2ccccc12. The van der Waals surface area contributed by atoms with Gasteiger partial charge in [0, 0.05) is 17.1 Å². The number of hydrogen-bond donors (Lipinski definition) is 1. The highest BCUT2D eigenvalue weighted by atomic mass is 14.9. The van der Waals surface area contributed by atoms with E-state index in [1.807, 2.05) is 0 Å². The maximum atomic E-state index is 4.63. The van der Waals surface area contributed by atoms with Crippen LogP contribution in [-0.4, -0.2) is 12.0 Å². The van der Waals surface area contributed by atoms with E-state index in [-0.39, 0.29) is 0 Å². The number of aromatic nitrogens is 1. The average molecular weight is 270 g/mol. The monoisotopic (exact) mass is 270 g/mol. The molecule has 0 radical (unpaired) electrons. The van der Waals surface area contributed by atoms with Crippen LogP contribution in [0.5, 0.6) is 0 Å². The lowest BCUT2D eigenvalue weighted by Crippen LogP contribution is -2.17. The Morgan fingerprint density at radius 2 is 1.95 bits per heavy atom. The van der Waals surface area contributed by atoms with Crippen molar-refractivity contribution in [1.82, 2.24) is 10.3 Å². The van der Waals surface area contributed by atoms with E-state index >= 15 is 0 Å². The van der Waals surface area contributed by atoms with Gasteiger partial charge in [0.25, 0.3) is 0 Å². The Hall–Kier alpha value is -1.41. The molecule has 0 amide bonds. The lowest BCUT2D eigenvalue weighted by molar-refractivity contribution is 0.507. The summed E-state index contributed by atoms with van der Waals surface area (Å²) in [5.41, 5.74) is 3.61. The first-order valence-corrected chi connectivity index (χ1v) is 7.79. The van der Waals surface area contributed by atoms with Crippen LogP contribution < -0.4 is 5.32 Å². The number of pyridine rings is 1. The zero-order valence-electron chi connectivity index (χ0n) is 12.9. The quantitative estimate of drug-likeness (QED) is 0.733. The van der Waals surface area contributed by atoms with Gasteiger partial charge in [0.05, 0.1) is 5.52 Å². The van der Waals surface area contributed by atoms with Gasteiger partial charge < -0.3 is 5.32 Å². The highest BCUT2D eigenvalue weighted by molar-refractivity contribution is 5.82. The number of nitrogens with one attached hydrogen (secondary N) is 1. The second-order valence-corrected chi connectivity index (χ2v) is 5.56. The first-order chi connectivity index (χ1) is 9.76. The van der Waals surface area contributed by atoms with Gasteiger partial charge in [0.15, 0.2) is 0 Å². The lowest BCUT2D eigenvalue weighted by Gasteiger charge is -2.19. The minimum atomic E-state index is 0.429. The Morgan fingerprint density at radius 1 is 1.15 bits per heavy atom. The number of nitrogens with zero attached hydrogens (tertiary/aromatic N) is 1. The Kier molecular flexibility index (Phi) is 5.54. The van der Waals surface area contributed by atoms with E-state index < -0.39 is 0 Å². The van der Waals surface area contributed by atoms with Crippen molar-refractivity contribution in [3.63, 3.8) is 0 Å². The second kappa shape index (κ2) is 7.39. The van der Waals surface area contributed by atoms with Crippen molar-refractivity contribution in [3.05, 3.63) is 41.6 Å². The molecule has 1 atom stereocenters. The third kappa shape index (κ3) is 3.57. The number of aryl methyl sites for hydroxylation is 1. The third-order valence-electron chi connectivity index (χ3n) is 3.95. The maximum absolute atomic E-state index is 4.63. The van der Waals surface area contributed by atoms with Crippen LogP contribution in [-0.2, 0) is 0 Å². The van der Waals surface area contributed by atoms with Crippen molar-refractivity contribution in [2.24, 2.45) is 0 Å². The summed E-state index contributed by atoms with van der Waals surface area (Å²) in [5, 5.41) is 4.77. The van der Waals surface area contributed by atoms with E-state index in [1.54, 1.807) is 0 Å². The standard InChI is InChI=1S/C18H26N2/c1-4-5-6-7-11-17(19-3)16-13-14(2)20-18-12-9-8-10-15(16)18/h8-10,12-13,17,19H,4-7,11H2,1-3H3. The van der Waals surface area contributed by atoms with Crippen molar-refractivity contribution in [2.75, 3.05) is 7.05 Å². The fourth-order valence-electron chi connectivity index (χ4n) is 2.86. The molecule has 20 heavy (non-hydrogen) atoms. The average Bonchev–Trinajstić information content (AvgIpc) is 2.47. The molecule has 108 valence electrons. The summed E-state index contributed by atoms with van der Waals surface area (Å²) < 4.78 is 0. The van der Waals surface area contributed by atoms with E-state index in [9.17, 15) is 0 Å². The van der Waals surface area contributed by atoms with Gasteiger partial charge in [-0.25, -0.2) is 0 Å². The summed E-state index contributed by atoms with van der Waals surface area (Å²) in [6, 6.07) is 11.1. The van der Waals surface area contributed by atoms with Gasteiger partial charge in [0.1, 0.15) is 0 Å². The van der Waals surface area contributed by atoms with Crippen LogP contribution in [0.15, 0.2) is 30.3 Å². The first kappa shape index (κ1) is 15.0. The molecule has 2 aromatic rings. The van der Waals surface area contributed by atoms with Gasteiger partial charge in [-0.3, -0.25) is 4.98 Å². The zero-order chi connectivity index (χ0) is 14.4. The Labute approximate surface area is 122 Å². The van der Waals surface area contributed by atoms with Crippen LogP contribution in [0.3, 0.4) is 0 Å². The largest absolute Gasteiger partial charge is 0.313 e. The summed E-state index contributed by atoms with van der Waals surface area (Å²) in [6.07, 6.45) is 6.45. The fraction of sp³-hybridized carbons (Fsp3) is 0.500. The molecule has 0 aliphatic heterocycles. The summed E-state index contributed by atoms with van der Waals surface area (Å²) in [7, 11) is 2.06. The Morgan fingerprint density at radius 3 is 2.70 bits per heavy atom. The van der Waals surface area contributed by atoms with Crippen LogP contribution in [0.4, 0.5) is 0 Å². The van der Waals surface area contributed by atoms with Gasteiger partial charge in [-0.05, 0) is 38.1 Å². The molecule has 2 nitrogen and oxygen atoms in total. The minimum absolute atomic E-state index is 0.429. The maximum Gasteiger partial charge on any atom is 0.0708 e. The number of rotatable bonds is 7.